The van der Waals surface area contributed by atoms with Crippen molar-refractivity contribution in [2.45, 2.75) is 64.5 Å². The van der Waals surface area contributed by atoms with Crippen LogP contribution in [0.3, 0.4) is 0 Å². The summed E-state index contributed by atoms with van der Waals surface area (Å²) in [6.07, 6.45) is 4.09. The van der Waals surface area contributed by atoms with E-state index < -0.39 is 17.6 Å². The van der Waals surface area contributed by atoms with Crippen molar-refractivity contribution in [1.29, 1.82) is 0 Å². The van der Waals surface area contributed by atoms with Crippen molar-refractivity contribution in [2.75, 3.05) is 7.11 Å². The molecule has 1 fully saturated rings. The number of amides is 2. The summed E-state index contributed by atoms with van der Waals surface area (Å²) in [6, 6.07) is -0.206. The Morgan fingerprint density at radius 3 is 2.25 bits per heavy atom. The Hall–Kier alpha value is -1.30. The molecule has 2 amide bonds. The Balaban J connectivity index is 0.00000172. The van der Waals surface area contributed by atoms with Crippen LogP contribution in [0.15, 0.2) is 0 Å². The second kappa shape index (κ2) is 8.79. The van der Waals surface area contributed by atoms with Gasteiger partial charge in [-0.25, -0.2) is 4.79 Å². The van der Waals surface area contributed by atoms with Gasteiger partial charge in [-0.2, -0.15) is 0 Å². The average Bonchev–Trinajstić information content (AvgIpc) is 2.22. The van der Waals surface area contributed by atoms with Crippen LogP contribution in [-0.2, 0) is 9.53 Å². The maximum Gasteiger partial charge on any atom is 0.407 e. The van der Waals surface area contributed by atoms with Crippen molar-refractivity contribution in [3.63, 3.8) is 0 Å². The molecule has 1 rings (SSSR count). The minimum Gasteiger partial charge on any atom is -0.444 e. The zero-order valence-corrected chi connectivity index (χ0v) is 12.9. The average molecular weight is 288 g/mol. The lowest BCUT2D eigenvalue weighted by Crippen LogP contribution is -2.42. The molecule has 1 atom stereocenters. The Labute approximate surface area is 121 Å². The fraction of sp³-hybridized carbons (Fsp3) is 0.857. The van der Waals surface area contributed by atoms with Crippen LogP contribution in [0, 0.1) is 5.92 Å². The number of rotatable bonds is 5. The second-order valence-corrected chi connectivity index (χ2v) is 6.05. The van der Waals surface area contributed by atoms with Gasteiger partial charge >= 0.3 is 6.09 Å². The summed E-state index contributed by atoms with van der Waals surface area (Å²) in [4.78, 5) is 22.6. The van der Waals surface area contributed by atoms with Crippen molar-refractivity contribution < 1.29 is 19.4 Å². The largest absolute Gasteiger partial charge is 0.444 e. The number of carbonyl (C=O) groups is 2. The predicted molar refractivity (Wildman–Crippen MR) is 77.1 cm³/mol. The van der Waals surface area contributed by atoms with E-state index in [1.165, 1.54) is 19.3 Å². The smallest absolute Gasteiger partial charge is 0.407 e. The van der Waals surface area contributed by atoms with E-state index in [0.717, 1.165) is 13.5 Å². The minimum atomic E-state index is -0.530. The van der Waals surface area contributed by atoms with Gasteiger partial charge in [0.05, 0.1) is 0 Å². The van der Waals surface area contributed by atoms with Gasteiger partial charge in [0, 0.05) is 19.6 Å². The summed E-state index contributed by atoms with van der Waals surface area (Å²) < 4.78 is 5.18. The maximum absolute atomic E-state index is 11.7. The molecular formula is C14H28N2O4. The van der Waals surface area contributed by atoms with Crippen LogP contribution in [0.4, 0.5) is 4.79 Å². The summed E-state index contributed by atoms with van der Waals surface area (Å²) in [5.41, 5.74) is 4.67. The molecule has 0 unspecified atom stereocenters. The molecule has 0 saturated heterocycles. The molecule has 0 heterocycles. The Bertz CT molecular complexity index is 309. The lowest BCUT2D eigenvalue weighted by molar-refractivity contribution is -0.118. The number of nitrogens with one attached hydrogen (secondary N) is 1. The monoisotopic (exact) mass is 288 g/mol. The van der Waals surface area contributed by atoms with Crippen molar-refractivity contribution >= 4 is 12.0 Å². The number of hydrogen-bond donors (Lipinski definition) is 3. The lowest BCUT2D eigenvalue weighted by atomic mass is 9.80. The molecule has 0 spiro atoms. The van der Waals surface area contributed by atoms with E-state index in [0.29, 0.717) is 5.92 Å². The van der Waals surface area contributed by atoms with E-state index in [1.54, 1.807) is 0 Å². The van der Waals surface area contributed by atoms with Crippen molar-refractivity contribution in [1.82, 2.24) is 5.32 Å². The normalized spacial score (nSPS) is 16.2. The third-order valence-corrected chi connectivity index (χ3v) is 3.01. The molecule has 4 N–H and O–H groups in total. The third-order valence-electron chi connectivity index (χ3n) is 3.01. The summed E-state index contributed by atoms with van der Waals surface area (Å²) in [7, 11) is 1.00. The van der Waals surface area contributed by atoms with E-state index in [1.807, 2.05) is 20.8 Å². The topological polar surface area (TPSA) is 102 Å². The van der Waals surface area contributed by atoms with Crippen molar-refractivity contribution in [3.8, 4) is 0 Å². The molecule has 1 saturated carbocycles. The SMILES string of the molecule is CC(C)(C)OC(=O)N[C@@H](CC(N)=O)CC1CCC1.CO. The van der Waals surface area contributed by atoms with Crippen LogP contribution >= 0.6 is 0 Å². The van der Waals surface area contributed by atoms with Crippen LogP contribution < -0.4 is 11.1 Å². The Kier molecular flexibility index (Phi) is 8.22. The second-order valence-electron chi connectivity index (χ2n) is 6.05. The highest BCUT2D eigenvalue weighted by Crippen LogP contribution is 2.31. The molecule has 0 aromatic carbocycles. The molecule has 0 aliphatic heterocycles. The molecular weight excluding hydrogens is 260 g/mol. The first kappa shape index (κ1) is 18.7. The number of aliphatic hydroxyl groups excluding tert-OH is 1. The number of ether oxygens (including phenoxy) is 1. The molecule has 0 aromatic rings. The number of aliphatic hydroxyl groups is 1. The summed E-state index contributed by atoms with van der Waals surface area (Å²) >= 11 is 0. The van der Waals surface area contributed by atoms with Crippen molar-refractivity contribution in [2.24, 2.45) is 11.7 Å². The van der Waals surface area contributed by atoms with Gasteiger partial charge in [-0.1, -0.05) is 19.3 Å². The number of nitrogens with two attached hydrogens (primary N) is 1. The lowest BCUT2D eigenvalue weighted by Gasteiger charge is -2.30. The highest BCUT2D eigenvalue weighted by atomic mass is 16.6. The van der Waals surface area contributed by atoms with E-state index in [9.17, 15) is 9.59 Å². The molecule has 1 aliphatic rings. The molecule has 0 radical (unpaired) electrons. The van der Waals surface area contributed by atoms with Gasteiger partial charge in [-0.15, -0.1) is 0 Å². The predicted octanol–water partition coefficient (Wildman–Crippen LogP) is 1.55. The zero-order chi connectivity index (χ0) is 15.8. The fourth-order valence-electron chi connectivity index (χ4n) is 2.04. The first-order valence-corrected chi connectivity index (χ1v) is 6.99. The van der Waals surface area contributed by atoms with E-state index >= 15 is 0 Å². The first-order valence-electron chi connectivity index (χ1n) is 6.99. The molecule has 20 heavy (non-hydrogen) atoms. The summed E-state index contributed by atoms with van der Waals surface area (Å²) in [6.45, 7) is 5.42. The molecule has 0 bridgehead atoms. The standard InChI is InChI=1S/C13H24N2O3.CH4O/c1-13(2,3)18-12(17)15-10(8-11(14)16)7-9-5-4-6-9;1-2/h9-10H,4-8H2,1-3H3,(H2,14,16)(H,15,17);2H,1H3/t10-;/m1./s1. The van der Waals surface area contributed by atoms with Crippen LogP contribution in [-0.4, -0.2) is 35.9 Å². The zero-order valence-electron chi connectivity index (χ0n) is 12.9. The fourth-order valence-corrected chi connectivity index (χ4v) is 2.04. The third kappa shape index (κ3) is 8.74. The van der Waals surface area contributed by atoms with Gasteiger partial charge in [0.15, 0.2) is 0 Å². The van der Waals surface area contributed by atoms with E-state index in [4.69, 9.17) is 15.6 Å². The molecule has 6 heteroatoms. The van der Waals surface area contributed by atoms with Gasteiger partial charge in [-0.05, 0) is 33.1 Å². The maximum atomic E-state index is 11.7. The minimum absolute atomic E-state index is 0.176. The Morgan fingerprint density at radius 1 is 1.35 bits per heavy atom. The van der Waals surface area contributed by atoms with Crippen molar-refractivity contribution in [3.05, 3.63) is 0 Å². The highest BCUT2D eigenvalue weighted by molar-refractivity contribution is 5.76. The van der Waals surface area contributed by atoms with Crippen LogP contribution in [0.1, 0.15) is 52.9 Å². The van der Waals surface area contributed by atoms with Gasteiger partial charge in [-0.3, -0.25) is 4.79 Å². The molecule has 1 aliphatic carbocycles. The van der Waals surface area contributed by atoms with E-state index in [-0.39, 0.29) is 12.5 Å². The molecule has 118 valence electrons. The van der Waals surface area contributed by atoms with E-state index in [2.05, 4.69) is 5.32 Å². The Morgan fingerprint density at radius 2 is 1.90 bits per heavy atom. The van der Waals surface area contributed by atoms with Crippen LogP contribution in [0.2, 0.25) is 0 Å². The summed E-state index contributed by atoms with van der Waals surface area (Å²) in [5.74, 6) is 0.208. The van der Waals surface area contributed by atoms with Crippen LogP contribution in [0.5, 0.6) is 0 Å². The highest BCUT2D eigenvalue weighted by Gasteiger charge is 2.26. The first-order chi connectivity index (χ1) is 9.26. The molecule has 6 nitrogen and oxygen atoms in total. The molecule has 0 aromatic heterocycles. The van der Waals surface area contributed by atoms with Crippen LogP contribution in [0.25, 0.3) is 0 Å². The van der Waals surface area contributed by atoms with Gasteiger partial charge in [0.2, 0.25) is 5.91 Å². The van der Waals surface area contributed by atoms with Gasteiger partial charge < -0.3 is 20.9 Å². The van der Waals surface area contributed by atoms with Gasteiger partial charge in [0.25, 0.3) is 0 Å². The van der Waals surface area contributed by atoms with Gasteiger partial charge in [0.1, 0.15) is 5.60 Å². The number of hydrogen-bond acceptors (Lipinski definition) is 4. The number of carbonyl (C=O) groups excluding carboxylic acids is 2. The number of primary amides is 1. The quantitative estimate of drug-likeness (QED) is 0.714. The summed E-state index contributed by atoms with van der Waals surface area (Å²) in [5, 5.41) is 9.74. The number of alkyl carbamates (subject to hydrolysis) is 1.